The molecular formula is C20H17Cl2N3O3. The molecule has 0 fully saturated rings. The van der Waals surface area contributed by atoms with Gasteiger partial charge in [-0.25, -0.2) is 0 Å². The number of hydrogen-bond acceptors (Lipinski definition) is 4. The Kier molecular flexibility index (Phi) is 6.02. The Labute approximate surface area is 172 Å². The predicted molar refractivity (Wildman–Crippen MR) is 111 cm³/mol. The summed E-state index contributed by atoms with van der Waals surface area (Å²) in [6, 6.07) is 13.7. The topological polar surface area (TPSA) is 69.7 Å². The highest BCUT2D eigenvalue weighted by atomic mass is 35.5. The van der Waals surface area contributed by atoms with Gasteiger partial charge in [0.25, 0.3) is 5.69 Å². The molecule has 144 valence electrons. The van der Waals surface area contributed by atoms with Crippen LogP contribution in [0.15, 0.2) is 53.7 Å². The molecule has 0 N–H and O–H groups in total. The molecule has 0 aliphatic heterocycles. The second kappa shape index (κ2) is 8.46. The molecule has 0 aliphatic rings. The van der Waals surface area contributed by atoms with Crippen LogP contribution in [0.2, 0.25) is 10.0 Å². The summed E-state index contributed by atoms with van der Waals surface area (Å²) in [6.45, 7) is 4.10. The smallest absolute Gasteiger partial charge is 0.269 e. The van der Waals surface area contributed by atoms with Crippen molar-refractivity contribution in [1.29, 1.82) is 0 Å². The van der Waals surface area contributed by atoms with Gasteiger partial charge in [0.2, 0.25) is 0 Å². The first-order valence-corrected chi connectivity index (χ1v) is 9.15. The predicted octanol–water partition coefficient (Wildman–Crippen LogP) is 5.86. The summed E-state index contributed by atoms with van der Waals surface area (Å²) in [7, 11) is 0. The fourth-order valence-electron chi connectivity index (χ4n) is 2.91. The van der Waals surface area contributed by atoms with Crippen molar-refractivity contribution in [3.63, 3.8) is 0 Å². The summed E-state index contributed by atoms with van der Waals surface area (Å²) in [5.74, 6) is 0. The fraction of sp³-hybridized carbons (Fsp3) is 0.150. The molecule has 0 atom stereocenters. The zero-order valence-corrected chi connectivity index (χ0v) is 16.7. The zero-order valence-electron chi connectivity index (χ0n) is 15.2. The van der Waals surface area contributed by atoms with Crippen molar-refractivity contribution >= 4 is 35.1 Å². The Morgan fingerprint density at radius 2 is 1.93 bits per heavy atom. The average Bonchev–Trinajstić information content (AvgIpc) is 2.95. The Morgan fingerprint density at radius 3 is 2.64 bits per heavy atom. The zero-order chi connectivity index (χ0) is 20.3. The molecule has 0 bridgehead atoms. The van der Waals surface area contributed by atoms with Crippen LogP contribution in [0.25, 0.3) is 5.69 Å². The van der Waals surface area contributed by atoms with E-state index in [4.69, 9.17) is 28.0 Å². The number of hydrogen-bond donors (Lipinski definition) is 0. The van der Waals surface area contributed by atoms with Crippen molar-refractivity contribution in [1.82, 2.24) is 4.57 Å². The summed E-state index contributed by atoms with van der Waals surface area (Å²) in [6.07, 6.45) is 1.62. The largest absolute Gasteiger partial charge is 0.391 e. The maximum atomic E-state index is 10.8. The normalized spacial score (nSPS) is 11.1. The van der Waals surface area contributed by atoms with Crippen LogP contribution in [0.1, 0.15) is 22.5 Å². The number of nitrogens with zero attached hydrogens (tertiary/aromatic N) is 3. The van der Waals surface area contributed by atoms with E-state index in [0.717, 1.165) is 22.6 Å². The average molecular weight is 418 g/mol. The highest BCUT2D eigenvalue weighted by Crippen LogP contribution is 2.27. The van der Waals surface area contributed by atoms with Gasteiger partial charge in [-0.2, -0.15) is 0 Å². The summed E-state index contributed by atoms with van der Waals surface area (Å²) >= 11 is 12.1. The van der Waals surface area contributed by atoms with Crippen LogP contribution in [0.3, 0.4) is 0 Å². The monoisotopic (exact) mass is 417 g/mol. The molecule has 6 nitrogen and oxygen atoms in total. The van der Waals surface area contributed by atoms with Crippen LogP contribution in [0.4, 0.5) is 5.69 Å². The number of aryl methyl sites for hydroxylation is 1. The lowest BCUT2D eigenvalue weighted by Crippen LogP contribution is -1.99. The van der Waals surface area contributed by atoms with Crippen molar-refractivity contribution in [3.8, 4) is 5.69 Å². The van der Waals surface area contributed by atoms with Gasteiger partial charge >= 0.3 is 0 Å². The van der Waals surface area contributed by atoms with Crippen LogP contribution < -0.4 is 0 Å². The molecule has 2 aromatic carbocycles. The standard InChI is InChI=1S/C20H17Cl2N3O3/c1-13-8-16(14(2)24(13)17-6-7-19(21)20(22)10-17)11-23-28-12-15-4-3-5-18(9-15)25(26)27/h3-11H,12H2,1-2H3/b23-11+. The molecule has 0 unspecified atom stereocenters. The quantitative estimate of drug-likeness (QED) is 0.286. The fourth-order valence-corrected chi connectivity index (χ4v) is 3.20. The molecule has 1 aromatic heterocycles. The lowest BCUT2D eigenvalue weighted by Gasteiger charge is -2.10. The third-order valence-electron chi connectivity index (χ3n) is 4.25. The lowest BCUT2D eigenvalue weighted by atomic mass is 10.2. The van der Waals surface area contributed by atoms with E-state index in [2.05, 4.69) is 5.16 Å². The summed E-state index contributed by atoms with van der Waals surface area (Å²) in [4.78, 5) is 15.7. The minimum absolute atomic E-state index is 0.0234. The van der Waals surface area contributed by atoms with E-state index in [1.807, 2.05) is 36.6 Å². The van der Waals surface area contributed by atoms with Gasteiger partial charge in [-0.05, 0) is 43.7 Å². The van der Waals surface area contributed by atoms with E-state index < -0.39 is 4.92 Å². The van der Waals surface area contributed by atoms with Crippen molar-refractivity contribution in [3.05, 3.63) is 91.2 Å². The minimum Gasteiger partial charge on any atom is -0.391 e. The summed E-state index contributed by atoms with van der Waals surface area (Å²) in [5.41, 5.74) is 4.47. The Bertz CT molecular complexity index is 1060. The van der Waals surface area contributed by atoms with E-state index in [1.54, 1.807) is 24.4 Å². The maximum Gasteiger partial charge on any atom is 0.269 e. The third kappa shape index (κ3) is 4.35. The first kappa shape index (κ1) is 19.9. The number of non-ortho nitro benzene ring substituents is 1. The van der Waals surface area contributed by atoms with Gasteiger partial charge in [0.1, 0.15) is 6.61 Å². The number of nitro groups is 1. The molecule has 1 heterocycles. The van der Waals surface area contributed by atoms with Gasteiger partial charge in [0.15, 0.2) is 0 Å². The van der Waals surface area contributed by atoms with Crippen molar-refractivity contribution < 1.29 is 9.76 Å². The van der Waals surface area contributed by atoms with Crippen LogP contribution >= 0.6 is 23.2 Å². The molecule has 3 rings (SSSR count). The molecule has 0 spiro atoms. The lowest BCUT2D eigenvalue weighted by molar-refractivity contribution is -0.384. The van der Waals surface area contributed by atoms with E-state index in [0.29, 0.717) is 15.6 Å². The molecule has 0 amide bonds. The van der Waals surface area contributed by atoms with Gasteiger partial charge in [-0.1, -0.05) is 40.5 Å². The molecule has 3 aromatic rings. The molecule has 28 heavy (non-hydrogen) atoms. The van der Waals surface area contributed by atoms with Crippen LogP contribution in [0, 0.1) is 24.0 Å². The molecule has 0 radical (unpaired) electrons. The third-order valence-corrected chi connectivity index (χ3v) is 4.99. The Balaban J connectivity index is 1.74. The van der Waals surface area contributed by atoms with Gasteiger partial charge < -0.3 is 9.40 Å². The number of oxime groups is 1. The molecular weight excluding hydrogens is 401 g/mol. The number of aromatic nitrogens is 1. The van der Waals surface area contributed by atoms with Crippen molar-refractivity contribution in [2.45, 2.75) is 20.5 Å². The number of benzene rings is 2. The summed E-state index contributed by atoms with van der Waals surface area (Å²) < 4.78 is 2.05. The van der Waals surface area contributed by atoms with Gasteiger partial charge in [-0.3, -0.25) is 10.1 Å². The van der Waals surface area contributed by atoms with Crippen molar-refractivity contribution in [2.24, 2.45) is 5.16 Å². The van der Waals surface area contributed by atoms with Crippen LogP contribution in [-0.4, -0.2) is 15.7 Å². The van der Waals surface area contributed by atoms with Crippen LogP contribution in [-0.2, 0) is 11.4 Å². The van der Waals surface area contributed by atoms with Gasteiger partial charge in [-0.15, -0.1) is 0 Å². The highest BCUT2D eigenvalue weighted by molar-refractivity contribution is 6.42. The number of nitro benzene ring substituents is 1. The van der Waals surface area contributed by atoms with Crippen molar-refractivity contribution in [2.75, 3.05) is 0 Å². The first-order chi connectivity index (χ1) is 13.4. The van der Waals surface area contributed by atoms with E-state index in [9.17, 15) is 10.1 Å². The van der Waals surface area contributed by atoms with E-state index in [-0.39, 0.29) is 12.3 Å². The molecule has 8 heteroatoms. The molecule has 0 saturated carbocycles. The van der Waals surface area contributed by atoms with Gasteiger partial charge in [0.05, 0.1) is 21.2 Å². The SMILES string of the molecule is Cc1cc(/C=N/OCc2cccc([N+](=O)[O-])c2)c(C)n1-c1ccc(Cl)c(Cl)c1. The van der Waals surface area contributed by atoms with Gasteiger partial charge in [0, 0.05) is 34.8 Å². The Morgan fingerprint density at radius 1 is 1.14 bits per heavy atom. The maximum absolute atomic E-state index is 10.8. The second-order valence-corrected chi connectivity index (χ2v) is 7.01. The number of rotatable bonds is 6. The minimum atomic E-state index is -0.440. The summed E-state index contributed by atoms with van der Waals surface area (Å²) in [5, 5.41) is 15.8. The molecule has 0 aliphatic carbocycles. The Hall–Kier alpha value is -2.83. The number of halogens is 2. The van der Waals surface area contributed by atoms with E-state index in [1.165, 1.54) is 12.1 Å². The second-order valence-electron chi connectivity index (χ2n) is 6.20. The van der Waals surface area contributed by atoms with Crippen LogP contribution in [0.5, 0.6) is 0 Å². The van der Waals surface area contributed by atoms with E-state index >= 15 is 0 Å². The highest BCUT2D eigenvalue weighted by Gasteiger charge is 2.11. The molecule has 0 saturated heterocycles. The first-order valence-electron chi connectivity index (χ1n) is 8.40.